The fourth-order valence-electron chi connectivity index (χ4n) is 3.40. The van der Waals surface area contributed by atoms with Crippen molar-refractivity contribution >= 4 is 23.3 Å². The van der Waals surface area contributed by atoms with Crippen molar-refractivity contribution < 1.29 is 19.1 Å². The molecule has 1 N–H and O–H groups in total. The molecule has 0 atom stereocenters. The Morgan fingerprint density at radius 3 is 1.86 bits per heavy atom. The van der Waals surface area contributed by atoms with Crippen molar-refractivity contribution in [2.24, 2.45) is 17.8 Å². The van der Waals surface area contributed by atoms with Crippen LogP contribution in [0.4, 0.5) is 10.5 Å². The molecule has 1 aromatic carbocycles. The summed E-state index contributed by atoms with van der Waals surface area (Å²) in [6.45, 7) is 18.4. The SMILES string of the molecule is C=C(C)C(=O)OCCOC(=O)Nc1ccc(C(=C(C(C)C)C(C)C)C(C)C)cc1. The lowest BCUT2D eigenvalue weighted by atomic mass is 9.81. The second-order valence-corrected chi connectivity index (χ2v) is 8.09. The smallest absolute Gasteiger partial charge is 0.411 e. The summed E-state index contributed by atoms with van der Waals surface area (Å²) in [5.41, 5.74) is 4.95. The minimum absolute atomic E-state index is 0.00618. The summed E-state index contributed by atoms with van der Waals surface area (Å²) >= 11 is 0. The molecule has 0 unspecified atom stereocenters. The van der Waals surface area contributed by atoms with Crippen molar-refractivity contribution in [1.82, 2.24) is 0 Å². The first-order valence-corrected chi connectivity index (χ1v) is 10.1. The number of rotatable bonds is 9. The van der Waals surface area contributed by atoms with Gasteiger partial charge in [-0.05, 0) is 47.9 Å². The molecule has 1 amide bonds. The van der Waals surface area contributed by atoms with Crippen molar-refractivity contribution in [2.45, 2.75) is 48.5 Å². The van der Waals surface area contributed by atoms with Crippen LogP contribution in [-0.2, 0) is 14.3 Å². The molecule has 0 fully saturated rings. The molecule has 0 aliphatic carbocycles. The Labute approximate surface area is 175 Å². The summed E-state index contributed by atoms with van der Waals surface area (Å²) in [7, 11) is 0. The molecule has 0 saturated heterocycles. The number of hydrogen-bond donors (Lipinski definition) is 1. The third kappa shape index (κ3) is 7.76. The lowest BCUT2D eigenvalue weighted by molar-refractivity contribution is -0.139. The first-order chi connectivity index (χ1) is 13.5. The van der Waals surface area contributed by atoms with E-state index in [-0.39, 0.29) is 13.2 Å². The van der Waals surface area contributed by atoms with Crippen molar-refractivity contribution in [3.05, 3.63) is 47.6 Å². The van der Waals surface area contributed by atoms with Gasteiger partial charge in [0.2, 0.25) is 0 Å². The van der Waals surface area contributed by atoms with Crippen LogP contribution < -0.4 is 5.32 Å². The summed E-state index contributed by atoms with van der Waals surface area (Å²) in [6, 6.07) is 7.81. The molecule has 0 aliphatic heterocycles. The van der Waals surface area contributed by atoms with Gasteiger partial charge in [0.15, 0.2) is 0 Å². The van der Waals surface area contributed by atoms with E-state index in [1.807, 2.05) is 24.3 Å². The number of hydrogen-bond acceptors (Lipinski definition) is 4. The number of nitrogens with one attached hydrogen (secondary N) is 1. The second-order valence-electron chi connectivity index (χ2n) is 8.09. The summed E-state index contributed by atoms with van der Waals surface area (Å²) in [4.78, 5) is 23.2. The molecule has 29 heavy (non-hydrogen) atoms. The standard InChI is InChI=1S/C24H35NO4/c1-15(2)21(16(3)4)22(17(5)6)19-9-11-20(12-10-19)25-24(27)29-14-13-28-23(26)18(7)8/h9-12,15-17H,7,13-14H2,1-6,8H3,(H,25,27). The van der Waals surface area contributed by atoms with E-state index in [4.69, 9.17) is 9.47 Å². The average Bonchev–Trinajstić information content (AvgIpc) is 2.62. The number of esters is 1. The Kier molecular flexibility index (Phi) is 9.66. The highest BCUT2D eigenvalue weighted by Crippen LogP contribution is 2.35. The topological polar surface area (TPSA) is 64.6 Å². The summed E-state index contributed by atoms with van der Waals surface area (Å²) < 4.78 is 9.91. The van der Waals surface area contributed by atoms with E-state index in [1.54, 1.807) is 6.92 Å². The van der Waals surface area contributed by atoms with Crippen LogP contribution >= 0.6 is 0 Å². The van der Waals surface area contributed by atoms with E-state index in [0.29, 0.717) is 29.0 Å². The van der Waals surface area contributed by atoms with Gasteiger partial charge in [-0.1, -0.05) is 65.8 Å². The number of ether oxygens (including phenoxy) is 2. The van der Waals surface area contributed by atoms with Gasteiger partial charge in [-0.15, -0.1) is 0 Å². The summed E-state index contributed by atoms with van der Waals surface area (Å²) in [5, 5.41) is 2.69. The van der Waals surface area contributed by atoms with E-state index < -0.39 is 12.1 Å². The van der Waals surface area contributed by atoms with Gasteiger partial charge in [0.1, 0.15) is 13.2 Å². The largest absolute Gasteiger partial charge is 0.459 e. The van der Waals surface area contributed by atoms with Crippen molar-refractivity contribution in [1.29, 1.82) is 0 Å². The molecule has 0 heterocycles. The van der Waals surface area contributed by atoms with Crippen molar-refractivity contribution in [2.75, 3.05) is 18.5 Å². The van der Waals surface area contributed by atoms with Gasteiger partial charge in [-0.2, -0.15) is 0 Å². The molecule has 0 bridgehead atoms. The Bertz CT molecular complexity index is 733. The van der Waals surface area contributed by atoms with Crippen LogP contribution in [0.2, 0.25) is 0 Å². The molecular formula is C24H35NO4. The third-order valence-corrected chi connectivity index (χ3v) is 4.47. The molecule has 5 nitrogen and oxygen atoms in total. The number of anilines is 1. The molecule has 160 valence electrons. The fourth-order valence-corrected chi connectivity index (χ4v) is 3.40. The van der Waals surface area contributed by atoms with Gasteiger partial charge in [-0.25, -0.2) is 9.59 Å². The second kappa shape index (κ2) is 11.4. The normalized spacial score (nSPS) is 10.8. The number of allylic oxidation sites excluding steroid dienone is 2. The monoisotopic (exact) mass is 401 g/mol. The maximum absolute atomic E-state index is 11.9. The number of amides is 1. The Morgan fingerprint density at radius 2 is 1.41 bits per heavy atom. The lowest BCUT2D eigenvalue weighted by Crippen LogP contribution is -2.18. The summed E-state index contributed by atoms with van der Waals surface area (Å²) in [6.07, 6.45) is -0.589. The minimum Gasteiger partial charge on any atom is -0.459 e. The van der Waals surface area contributed by atoms with E-state index >= 15 is 0 Å². The van der Waals surface area contributed by atoms with Crippen LogP contribution in [0.15, 0.2) is 42.0 Å². The fraction of sp³-hybridized carbons (Fsp3) is 0.500. The van der Waals surface area contributed by atoms with Gasteiger partial charge >= 0.3 is 12.1 Å². The van der Waals surface area contributed by atoms with Gasteiger partial charge < -0.3 is 9.47 Å². The van der Waals surface area contributed by atoms with Crippen molar-refractivity contribution in [3.63, 3.8) is 0 Å². The maximum atomic E-state index is 11.9. The molecule has 0 aliphatic rings. The summed E-state index contributed by atoms with van der Waals surface area (Å²) in [5.74, 6) is 0.847. The van der Waals surface area contributed by atoms with E-state index in [0.717, 1.165) is 0 Å². The van der Waals surface area contributed by atoms with Gasteiger partial charge in [0, 0.05) is 11.3 Å². The molecule has 1 rings (SSSR count). The Balaban J connectivity index is 2.77. The number of carbonyl (C=O) groups excluding carboxylic acids is 2. The first kappa shape index (κ1) is 24.5. The highest BCUT2D eigenvalue weighted by Gasteiger charge is 2.18. The number of benzene rings is 1. The van der Waals surface area contributed by atoms with E-state index in [1.165, 1.54) is 16.7 Å². The quantitative estimate of drug-likeness (QED) is 0.309. The Hall–Kier alpha value is -2.56. The predicted octanol–water partition coefficient (Wildman–Crippen LogP) is 6.08. The van der Waals surface area contributed by atoms with Crippen LogP contribution in [-0.4, -0.2) is 25.3 Å². The minimum atomic E-state index is -0.589. The average molecular weight is 402 g/mol. The van der Waals surface area contributed by atoms with E-state index in [9.17, 15) is 9.59 Å². The number of carbonyl (C=O) groups is 2. The molecule has 0 radical (unpaired) electrons. The highest BCUT2D eigenvalue weighted by molar-refractivity contribution is 5.87. The molecule has 1 aromatic rings. The van der Waals surface area contributed by atoms with Crippen LogP contribution in [0.25, 0.3) is 5.57 Å². The molecular weight excluding hydrogens is 366 g/mol. The first-order valence-electron chi connectivity index (χ1n) is 10.1. The predicted molar refractivity (Wildman–Crippen MR) is 119 cm³/mol. The van der Waals surface area contributed by atoms with Gasteiger partial charge in [-0.3, -0.25) is 5.32 Å². The van der Waals surface area contributed by atoms with Crippen LogP contribution in [0, 0.1) is 17.8 Å². The molecule has 0 aromatic heterocycles. The zero-order chi connectivity index (χ0) is 22.1. The lowest BCUT2D eigenvalue weighted by Gasteiger charge is -2.25. The highest BCUT2D eigenvalue weighted by atomic mass is 16.6. The van der Waals surface area contributed by atoms with Crippen LogP contribution in [0.1, 0.15) is 54.0 Å². The van der Waals surface area contributed by atoms with Gasteiger partial charge in [0.05, 0.1) is 0 Å². The zero-order valence-corrected chi connectivity index (χ0v) is 18.8. The third-order valence-electron chi connectivity index (χ3n) is 4.47. The zero-order valence-electron chi connectivity index (χ0n) is 18.8. The van der Waals surface area contributed by atoms with Crippen molar-refractivity contribution in [3.8, 4) is 0 Å². The Morgan fingerprint density at radius 1 is 0.897 bits per heavy atom. The molecule has 0 spiro atoms. The molecule has 5 heteroatoms. The molecule has 0 saturated carbocycles. The van der Waals surface area contributed by atoms with E-state index in [2.05, 4.69) is 53.4 Å². The van der Waals surface area contributed by atoms with Crippen LogP contribution in [0.5, 0.6) is 0 Å². The van der Waals surface area contributed by atoms with Gasteiger partial charge in [0.25, 0.3) is 0 Å². The maximum Gasteiger partial charge on any atom is 0.411 e. The van der Waals surface area contributed by atoms with Crippen LogP contribution in [0.3, 0.4) is 0 Å².